The lowest BCUT2D eigenvalue weighted by molar-refractivity contribution is -0.139. The molecule has 0 spiro atoms. The first-order chi connectivity index (χ1) is 12.2. The molecule has 1 heterocycles. The van der Waals surface area contributed by atoms with Crippen LogP contribution in [0, 0.1) is 0 Å². The minimum atomic E-state index is -1.18. The van der Waals surface area contributed by atoms with Gasteiger partial charge in [0.1, 0.15) is 25.2 Å². The zero-order valence-corrected chi connectivity index (χ0v) is 15.2. The summed E-state index contributed by atoms with van der Waals surface area (Å²) in [5.74, 6) is -2.11. The van der Waals surface area contributed by atoms with E-state index in [1.807, 2.05) is 19.9 Å². The zero-order valence-electron chi connectivity index (χ0n) is 14.4. The van der Waals surface area contributed by atoms with Crippen molar-refractivity contribution in [2.45, 2.75) is 25.9 Å². The van der Waals surface area contributed by atoms with Crippen LogP contribution in [0.4, 0.5) is 0 Å². The summed E-state index contributed by atoms with van der Waals surface area (Å²) in [6.07, 6.45) is 0.709. The molecule has 0 saturated carbocycles. The predicted molar refractivity (Wildman–Crippen MR) is 92.9 cm³/mol. The monoisotopic (exact) mass is 384 g/mol. The molecule has 1 aromatic carbocycles. The maximum atomic E-state index is 12.0. The van der Waals surface area contributed by atoms with Crippen molar-refractivity contribution < 1.29 is 34.1 Å². The van der Waals surface area contributed by atoms with Gasteiger partial charge in [-0.05, 0) is 19.9 Å². The second-order valence-corrected chi connectivity index (χ2v) is 7.24. The zero-order chi connectivity index (χ0) is 19.3. The maximum Gasteiger partial charge on any atom is 0.326 e. The van der Waals surface area contributed by atoms with Crippen molar-refractivity contribution >= 4 is 30.0 Å². The van der Waals surface area contributed by atoms with E-state index in [1.54, 1.807) is 12.1 Å². The highest BCUT2D eigenvalue weighted by molar-refractivity contribution is 7.95. The summed E-state index contributed by atoms with van der Waals surface area (Å²) < 4.78 is 14.8. The molecule has 1 aliphatic rings. The molecule has 0 aliphatic carbocycles. The number of esters is 1. The van der Waals surface area contributed by atoms with Gasteiger partial charge in [-0.15, -0.1) is 0 Å². The SMILES string of the molecule is CC1(C)Cc2cccc(OC(=O)CNSN(CC(=O)O)CC(=O)O)c2O1. The smallest absolute Gasteiger partial charge is 0.326 e. The molecule has 0 atom stereocenters. The van der Waals surface area contributed by atoms with E-state index in [0.717, 1.165) is 22.0 Å². The Morgan fingerprint density at radius 3 is 2.54 bits per heavy atom. The lowest BCUT2D eigenvalue weighted by Gasteiger charge is -2.18. The van der Waals surface area contributed by atoms with Gasteiger partial charge in [0.15, 0.2) is 11.5 Å². The number of carboxylic acid groups (broad SMARTS) is 2. The van der Waals surface area contributed by atoms with Crippen molar-refractivity contribution in [2.75, 3.05) is 19.6 Å². The van der Waals surface area contributed by atoms with E-state index in [9.17, 15) is 14.4 Å². The third kappa shape index (κ3) is 5.90. The largest absolute Gasteiger partial charge is 0.483 e. The number of aliphatic carboxylic acids is 2. The number of carboxylic acids is 2. The van der Waals surface area contributed by atoms with Gasteiger partial charge in [-0.1, -0.05) is 12.1 Å². The standard InChI is InChI=1S/C16H20N2O7S/c1-16(2)6-10-4-3-5-11(15(10)25-16)24-14(23)7-17-26-18(8-12(19)20)9-13(21)22/h3-5,17H,6-9H2,1-2H3,(H,19,20)(H,21,22). The molecule has 0 unspecified atom stereocenters. The Morgan fingerprint density at radius 2 is 1.92 bits per heavy atom. The van der Waals surface area contributed by atoms with Gasteiger partial charge >= 0.3 is 17.9 Å². The normalized spacial score (nSPS) is 14.6. The molecule has 0 bridgehead atoms. The van der Waals surface area contributed by atoms with Crippen molar-refractivity contribution in [1.29, 1.82) is 0 Å². The van der Waals surface area contributed by atoms with Gasteiger partial charge in [0.05, 0.1) is 0 Å². The minimum Gasteiger partial charge on any atom is -0.483 e. The summed E-state index contributed by atoms with van der Waals surface area (Å²) in [6, 6.07) is 5.31. The fourth-order valence-corrected chi connectivity index (χ4v) is 3.15. The Kier molecular flexibility index (Phi) is 6.46. The summed E-state index contributed by atoms with van der Waals surface area (Å²) >= 11 is 0.732. The second kappa shape index (κ2) is 8.39. The van der Waals surface area contributed by atoms with Gasteiger partial charge in [-0.25, -0.2) is 9.03 Å². The number of carbonyl (C=O) groups excluding carboxylic acids is 1. The first kappa shape index (κ1) is 20.0. The van der Waals surface area contributed by atoms with Gasteiger partial charge < -0.3 is 19.7 Å². The van der Waals surface area contributed by atoms with Crippen molar-refractivity contribution in [2.24, 2.45) is 0 Å². The van der Waals surface area contributed by atoms with Crippen LogP contribution < -0.4 is 14.2 Å². The lowest BCUT2D eigenvalue weighted by atomic mass is 10.0. The molecule has 0 aromatic heterocycles. The number of fused-ring (bicyclic) bond motifs is 1. The summed E-state index contributed by atoms with van der Waals surface area (Å²) in [6.45, 7) is 2.66. The molecular weight excluding hydrogens is 364 g/mol. The van der Waals surface area contributed by atoms with Gasteiger partial charge in [0, 0.05) is 24.1 Å². The molecule has 3 N–H and O–H groups in total. The third-order valence-electron chi connectivity index (χ3n) is 3.31. The van der Waals surface area contributed by atoms with Crippen molar-refractivity contribution in [3.63, 3.8) is 0 Å². The van der Waals surface area contributed by atoms with Crippen LogP contribution in [0.5, 0.6) is 11.5 Å². The summed E-state index contributed by atoms with van der Waals surface area (Å²) in [5.41, 5.74) is 0.587. The molecule has 1 aliphatic heterocycles. The fraction of sp³-hybridized carbons (Fsp3) is 0.438. The number of hydrogen-bond acceptors (Lipinski definition) is 8. The molecule has 142 valence electrons. The molecule has 0 saturated heterocycles. The quantitative estimate of drug-likeness (QED) is 0.321. The van der Waals surface area contributed by atoms with Crippen LogP contribution in [0.15, 0.2) is 18.2 Å². The number of para-hydroxylation sites is 1. The average Bonchev–Trinajstić information content (AvgIpc) is 2.81. The predicted octanol–water partition coefficient (Wildman–Crippen LogP) is 0.929. The molecule has 0 amide bonds. The Morgan fingerprint density at radius 1 is 1.27 bits per heavy atom. The van der Waals surface area contributed by atoms with Crippen molar-refractivity contribution in [3.05, 3.63) is 23.8 Å². The lowest BCUT2D eigenvalue weighted by Crippen LogP contribution is -2.33. The molecule has 10 heteroatoms. The number of rotatable bonds is 9. The van der Waals surface area contributed by atoms with Crippen LogP contribution in [-0.4, -0.2) is 57.7 Å². The fourth-order valence-electron chi connectivity index (χ4n) is 2.43. The average molecular weight is 384 g/mol. The van der Waals surface area contributed by atoms with Crippen LogP contribution in [0.1, 0.15) is 19.4 Å². The number of carbonyl (C=O) groups is 3. The number of hydrogen-bond donors (Lipinski definition) is 3. The second-order valence-electron chi connectivity index (χ2n) is 6.25. The topological polar surface area (TPSA) is 125 Å². The number of ether oxygens (including phenoxy) is 2. The number of benzene rings is 1. The highest BCUT2D eigenvalue weighted by Crippen LogP contribution is 2.41. The first-order valence-electron chi connectivity index (χ1n) is 7.76. The van der Waals surface area contributed by atoms with Gasteiger partial charge in [0.25, 0.3) is 0 Å². The Balaban J connectivity index is 1.87. The van der Waals surface area contributed by atoms with Gasteiger partial charge in [-0.2, -0.15) is 0 Å². The van der Waals surface area contributed by atoms with E-state index in [-0.39, 0.29) is 12.1 Å². The van der Waals surface area contributed by atoms with Gasteiger partial charge in [-0.3, -0.25) is 14.4 Å². The minimum absolute atomic E-state index is 0.243. The van der Waals surface area contributed by atoms with E-state index in [2.05, 4.69) is 4.72 Å². The Labute approximate surface area is 154 Å². The van der Waals surface area contributed by atoms with Crippen LogP contribution >= 0.6 is 12.1 Å². The highest BCUT2D eigenvalue weighted by atomic mass is 32.2. The summed E-state index contributed by atoms with van der Waals surface area (Å²) in [5, 5.41) is 17.5. The molecule has 26 heavy (non-hydrogen) atoms. The van der Waals surface area contributed by atoms with Crippen LogP contribution in [0.3, 0.4) is 0 Å². The summed E-state index contributed by atoms with van der Waals surface area (Å²) in [4.78, 5) is 33.4. The van der Waals surface area contributed by atoms with E-state index in [1.165, 1.54) is 0 Å². The van der Waals surface area contributed by atoms with E-state index >= 15 is 0 Å². The molecule has 0 radical (unpaired) electrons. The molecule has 9 nitrogen and oxygen atoms in total. The Hall–Kier alpha value is -2.30. The summed E-state index contributed by atoms with van der Waals surface area (Å²) in [7, 11) is 0. The highest BCUT2D eigenvalue weighted by Gasteiger charge is 2.32. The first-order valence-corrected chi connectivity index (χ1v) is 8.53. The number of nitrogens with zero attached hydrogens (tertiary/aromatic N) is 1. The maximum absolute atomic E-state index is 12.0. The van der Waals surface area contributed by atoms with Crippen molar-refractivity contribution in [1.82, 2.24) is 9.03 Å². The van der Waals surface area contributed by atoms with E-state index < -0.39 is 31.0 Å². The van der Waals surface area contributed by atoms with Crippen LogP contribution in [-0.2, 0) is 20.8 Å². The molecular formula is C16H20N2O7S. The third-order valence-corrected chi connectivity index (χ3v) is 4.10. The van der Waals surface area contributed by atoms with Crippen LogP contribution in [0.25, 0.3) is 0 Å². The van der Waals surface area contributed by atoms with Crippen LogP contribution in [0.2, 0.25) is 0 Å². The van der Waals surface area contributed by atoms with E-state index in [4.69, 9.17) is 19.7 Å². The Bertz CT molecular complexity index is 692. The molecule has 1 aromatic rings. The number of nitrogens with one attached hydrogen (secondary N) is 1. The van der Waals surface area contributed by atoms with E-state index in [0.29, 0.717) is 17.9 Å². The molecule has 0 fully saturated rings. The van der Waals surface area contributed by atoms with Gasteiger partial charge in [0.2, 0.25) is 0 Å². The van der Waals surface area contributed by atoms with Crippen molar-refractivity contribution in [3.8, 4) is 11.5 Å². The molecule has 2 rings (SSSR count).